The zero-order chi connectivity index (χ0) is 10.9. The molecule has 1 saturated heterocycles. The van der Waals surface area contributed by atoms with Gasteiger partial charge in [-0.25, -0.2) is 4.79 Å². The van der Waals surface area contributed by atoms with Crippen LogP contribution >= 0.6 is 0 Å². The van der Waals surface area contributed by atoms with Crippen LogP contribution in [0.15, 0.2) is 12.2 Å². The molecule has 1 rings (SSSR count). The van der Waals surface area contributed by atoms with E-state index in [0.717, 1.165) is 12.0 Å². The summed E-state index contributed by atoms with van der Waals surface area (Å²) in [6.45, 7) is 12.0. The largest absolute Gasteiger partial charge is 0.439 e. The molecule has 0 aliphatic carbocycles. The van der Waals surface area contributed by atoms with Gasteiger partial charge in [0.1, 0.15) is 6.10 Å². The van der Waals surface area contributed by atoms with Gasteiger partial charge in [0.05, 0.1) is 5.54 Å². The molecule has 0 aromatic heterocycles. The maximum atomic E-state index is 11.2. The van der Waals surface area contributed by atoms with Gasteiger partial charge in [0.15, 0.2) is 0 Å². The number of alkyl carbamates (subject to hydrolysis) is 1. The van der Waals surface area contributed by atoms with Gasteiger partial charge in [-0.15, -0.1) is 0 Å². The molecule has 0 spiro atoms. The van der Waals surface area contributed by atoms with Gasteiger partial charge in [0.2, 0.25) is 0 Å². The Balaban J connectivity index is 2.94. The highest BCUT2D eigenvalue weighted by Gasteiger charge is 2.48. The van der Waals surface area contributed by atoms with Gasteiger partial charge in [-0.3, -0.25) is 0 Å². The molecular formula is C11H19NO2. The lowest BCUT2D eigenvalue weighted by Crippen LogP contribution is -2.51. The van der Waals surface area contributed by atoms with Gasteiger partial charge in [-0.1, -0.05) is 26.8 Å². The molecule has 0 bridgehead atoms. The van der Waals surface area contributed by atoms with Crippen molar-refractivity contribution in [1.29, 1.82) is 0 Å². The summed E-state index contributed by atoms with van der Waals surface area (Å²) in [6, 6.07) is 0. The predicted octanol–water partition coefficient (Wildman–Crippen LogP) is 2.48. The van der Waals surface area contributed by atoms with E-state index in [4.69, 9.17) is 4.74 Å². The molecule has 1 fully saturated rings. The summed E-state index contributed by atoms with van der Waals surface area (Å²) in [5, 5.41) is 2.89. The van der Waals surface area contributed by atoms with E-state index in [2.05, 4.69) is 25.7 Å². The first kappa shape index (κ1) is 11.1. The van der Waals surface area contributed by atoms with Crippen molar-refractivity contribution in [3.63, 3.8) is 0 Å². The number of amides is 1. The van der Waals surface area contributed by atoms with E-state index in [1.54, 1.807) is 0 Å². The smallest absolute Gasteiger partial charge is 0.408 e. The fraction of sp³-hybridized carbons (Fsp3) is 0.727. The van der Waals surface area contributed by atoms with Gasteiger partial charge in [0.25, 0.3) is 0 Å². The molecule has 80 valence electrons. The number of carbonyl (C=O) groups is 1. The highest BCUT2D eigenvalue weighted by Crippen LogP contribution is 2.33. The molecule has 0 unspecified atom stereocenters. The number of rotatable bonds is 3. The second-order valence-corrected chi connectivity index (χ2v) is 4.35. The van der Waals surface area contributed by atoms with Gasteiger partial charge >= 0.3 is 6.09 Å². The lowest BCUT2D eigenvalue weighted by Gasteiger charge is -2.34. The standard InChI is InChI=1S/C11H19NO2/c1-6-8(4)11(5)9(7(2)3)14-10(13)12-11/h8-9H,2,6H2,1,3-5H3,(H,12,13)/t8-,9-,11-/m1/s1. The van der Waals surface area contributed by atoms with Crippen molar-refractivity contribution >= 4 is 6.09 Å². The van der Waals surface area contributed by atoms with E-state index in [-0.39, 0.29) is 17.7 Å². The first-order valence-corrected chi connectivity index (χ1v) is 5.06. The van der Waals surface area contributed by atoms with Crippen molar-refractivity contribution in [2.75, 3.05) is 0 Å². The normalized spacial score (nSPS) is 33.4. The molecule has 1 amide bonds. The SMILES string of the molecule is C=C(C)[C@H]1OC(=O)N[C@]1(C)[C@H](C)CC. The minimum Gasteiger partial charge on any atom is -0.439 e. The third-order valence-electron chi connectivity index (χ3n) is 3.22. The number of carbonyl (C=O) groups excluding carboxylic acids is 1. The Bertz CT molecular complexity index is 262. The fourth-order valence-electron chi connectivity index (χ4n) is 1.96. The van der Waals surface area contributed by atoms with Crippen molar-refractivity contribution in [2.24, 2.45) is 5.92 Å². The molecule has 0 radical (unpaired) electrons. The second-order valence-electron chi connectivity index (χ2n) is 4.35. The average molecular weight is 197 g/mol. The van der Waals surface area contributed by atoms with E-state index < -0.39 is 0 Å². The zero-order valence-corrected chi connectivity index (χ0v) is 9.39. The fourth-order valence-corrected chi connectivity index (χ4v) is 1.96. The van der Waals surface area contributed by atoms with Gasteiger partial charge in [-0.05, 0) is 25.3 Å². The van der Waals surface area contributed by atoms with Crippen LogP contribution in [0.1, 0.15) is 34.1 Å². The van der Waals surface area contributed by atoms with Crippen molar-refractivity contribution in [3.05, 3.63) is 12.2 Å². The van der Waals surface area contributed by atoms with Crippen LogP contribution in [0.3, 0.4) is 0 Å². The first-order valence-electron chi connectivity index (χ1n) is 5.06. The zero-order valence-electron chi connectivity index (χ0n) is 9.39. The monoisotopic (exact) mass is 197 g/mol. The molecule has 1 aliphatic heterocycles. The van der Waals surface area contributed by atoms with Crippen molar-refractivity contribution < 1.29 is 9.53 Å². The maximum absolute atomic E-state index is 11.2. The Kier molecular flexibility index (Phi) is 2.88. The molecule has 0 aromatic rings. The van der Waals surface area contributed by atoms with Gasteiger partial charge in [0, 0.05) is 0 Å². The Morgan fingerprint density at radius 2 is 2.36 bits per heavy atom. The van der Waals surface area contributed by atoms with Crippen LogP contribution in [0, 0.1) is 5.92 Å². The number of hydrogen-bond donors (Lipinski definition) is 1. The van der Waals surface area contributed by atoms with Crippen LogP contribution in [0.4, 0.5) is 4.79 Å². The molecule has 1 heterocycles. The Morgan fingerprint density at radius 3 is 2.79 bits per heavy atom. The lowest BCUT2D eigenvalue weighted by atomic mass is 9.79. The Labute approximate surface area is 85.5 Å². The van der Waals surface area contributed by atoms with Crippen molar-refractivity contribution in [1.82, 2.24) is 5.32 Å². The molecule has 1 N–H and O–H groups in total. The van der Waals surface area contributed by atoms with Crippen LogP contribution in [0.2, 0.25) is 0 Å². The van der Waals surface area contributed by atoms with E-state index in [1.807, 2.05) is 13.8 Å². The highest BCUT2D eigenvalue weighted by atomic mass is 16.6. The average Bonchev–Trinajstić information content (AvgIpc) is 2.41. The molecule has 1 aliphatic rings. The number of cyclic esters (lactones) is 1. The van der Waals surface area contributed by atoms with E-state index >= 15 is 0 Å². The molecular weight excluding hydrogens is 178 g/mol. The van der Waals surface area contributed by atoms with Gasteiger partial charge < -0.3 is 10.1 Å². The van der Waals surface area contributed by atoms with E-state index in [1.165, 1.54) is 0 Å². The number of nitrogens with one attached hydrogen (secondary N) is 1. The predicted molar refractivity (Wildman–Crippen MR) is 56.1 cm³/mol. The van der Waals surface area contributed by atoms with Crippen LogP contribution in [0.5, 0.6) is 0 Å². The molecule has 0 saturated carbocycles. The highest BCUT2D eigenvalue weighted by molar-refractivity contribution is 5.72. The van der Waals surface area contributed by atoms with Crippen LogP contribution < -0.4 is 5.32 Å². The number of ether oxygens (including phenoxy) is 1. The summed E-state index contributed by atoms with van der Waals surface area (Å²) in [4.78, 5) is 11.2. The number of hydrogen-bond acceptors (Lipinski definition) is 2. The van der Waals surface area contributed by atoms with Crippen LogP contribution in [0.25, 0.3) is 0 Å². The molecule has 3 nitrogen and oxygen atoms in total. The van der Waals surface area contributed by atoms with Crippen LogP contribution in [-0.2, 0) is 4.74 Å². The molecule has 0 aromatic carbocycles. The Morgan fingerprint density at radius 1 is 1.79 bits per heavy atom. The maximum Gasteiger partial charge on any atom is 0.408 e. The summed E-state index contributed by atoms with van der Waals surface area (Å²) in [5.41, 5.74) is 0.587. The van der Waals surface area contributed by atoms with Gasteiger partial charge in [-0.2, -0.15) is 0 Å². The molecule has 3 heteroatoms. The summed E-state index contributed by atoms with van der Waals surface area (Å²) in [5.74, 6) is 0.371. The molecule has 14 heavy (non-hydrogen) atoms. The topological polar surface area (TPSA) is 38.3 Å². The third-order valence-corrected chi connectivity index (χ3v) is 3.22. The lowest BCUT2D eigenvalue weighted by molar-refractivity contribution is 0.116. The van der Waals surface area contributed by atoms with E-state index in [9.17, 15) is 4.79 Å². The van der Waals surface area contributed by atoms with Crippen LogP contribution in [-0.4, -0.2) is 17.7 Å². The minimum atomic E-state index is -0.333. The summed E-state index contributed by atoms with van der Waals surface area (Å²) >= 11 is 0. The quantitative estimate of drug-likeness (QED) is 0.706. The first-order chi connectivity index (χ1) is 6.41. The third kappa shape index (κ3) is 1.63. The van der Waals surface area contributed by atoms with Crippen molar-refractivity contribution in [3.8, 4) is 0 Å². The Hall–Kier alpha value is -0.990. The van der Waals surface area contributed by atoms with Crippen molar-refractivity contribution in [2.45, 2.75) is 45.8 Å². The summed E-state index contributed by atoms with van der Waals surface area (Å²) < 4.78 is 5.21. The van der Waals surface area contributed by atoms with E-state index in [0.29, 0.717) is 5.92 Å². The summed E-state index contributed by atoms with van der Waals surface area (Å²) in [6.07, 6.45) is 0.468. The molecule has 3 atom stereocenters. The minimum absolute atomic E-state index is 0.204. The summed E-state index contributed by atoms with van der Waals surface area (Å²) in [7, 11) is 0. The second kappa shape index (κ2) is 3.64.